The van der Waals surface area contributed by atoms with Crippen LogP contribution in [0.25, 0.3) is 22.1 Å². The van der Waals surface area contributed by atoms with Crippen molar-refractivity contribution in [3.63, 3.8) is 0 Å². The van der Waals surface area contributed by atoms with Crippen molar-refractivity contribution in [2.24, 2.45) is 0 Å². The molecule has 8 heteroatoms. The fourth-order valence-electron chi connectivity index (χ4n) is 3.54. The molecule has 1 saturated heterocycles. The second-order valence-electron chi connectivity index (χ2n) is 7.17. The molecule has 0 N–H and O–H groups in total. The number of rotatable bonds is 6. The van der Waals surface area contributed by atoms with Gasteiger partial charge in [0.25, 0.3) is 5.88 Å². The molecule has 1 aliphatic heterocycles. The predicted molar refractivity (Wildman–Crippen MR) is 102 cm³/mol. The van der Waals surface area contributed by atoms with Gasteiger partial charge in [-0.25, -0.2) is 0 Å². The van der Waals surface area contributed by atoms with Crippen molar-refractivity contribution in [1.29, 1.82) is 0 Å². The van der Waals surface area contributed by atoms with E-state index in [0.717, 1.165) is 29.6 Å². The SMILES string of the molecule is C[C@H](COc1noc2ccc(-c3ccc(OC(F)(F)F)cc3)cc12)N1CCCC1. The summed E-state index contributed by atoms with van der Waals surface area (Å²) in [5.74, 6) is 0.164. The second kappa shape index (κ2) is 7.94. The first kappa shape index (κ1) is 19.6. The fraction of sp³-hybridized carbons (Fsp3) is 0.381. The average molecular weight is 406 g/mol. The van der Waals surface area contributed by atoms with Crippen LogP contribution in [0, 0.1) is 0 Å². The lowest BCUT2D eigenvalue weighted by Crippen LogP contribution is -2.34. The van der Waals surface area contributed by atoms with Gasteiger partial charge in [0.15, 0.2) is 5.58 Å². The molecule has 0 aliphatic carbocycles. The van der Waals surface area contributed by atoms with Crippen molar-refractivity contribution in [2.75, 3.05) is 19.7 Å². The van der Waals surface area contributed by atoms with Gasteiger partial charge in [-0.3, -0.25) is 4.90 Å². The lowest BCUT2D eigenvalue weighted by molar-refractivity contribution is -0.274. The Hall–Kier alpha value is -2.74. The van der Waals surface area contributed by atoms with Crippen LogP contribution in [0.4, 0.5) is 13.2 Å². The fourth-order valence-corrected chi connectivity index (χ4v) is 3.54. The van der Waals surface area contributed by atoms with Crippen LogP contribution in [0.3, 0.4) is 0 Å². The van der Waals surface area contributed by atoms with Gasteiger partial charge in [0.05, 0.1) is 5.39 Å². The predicted octanol–water partition coefficient (Wildman–Crippen LogP) is 5.26. The molecule has 0 spiro atoms. The summed E-state index contributed by atoms with van der Waals surface area (Å²) in [5.41, 5.74) is 2.16. The van der Waals surface area contributed by atoms with Crippen molar-refractivity contribution in [3.05, 3.63) is 42.5 Å². The quantitative estimate of drug-likeness (QED) is 0.559. The molecule has 154 valence electrons. The summed E-state index contributed by atoms with van der Waals surface area (Å²) >= 11 is 0. The number of nitrogens with zero attached hydrogens (tertiary/aromatic N) is 2. The van der Waals surface area contributed by atoms with Gasteiger partial charge < -0.3 is 14.0 Å². The van der Waals surface area contributed by atoms with Crippen LogP contribution >= 0.6 is 0 Å². The van der Waals surface area contributed by atoms with Gasteiger partial charge >= 0.3 is 6.36 Å². The third kappa shape index (κ3) is 4.64. The van der Waals surface area contributed by atoms with E-state index < -0.39 is 6.36 Å². The van der Waals surface area contributed by atoms with E-state index in [1.54, 1.807) is 18.2 Å². The third-order valence-corrected chi connectivity index (χ3v) is 5.08. The van der Waals surface area contributed by atoms with E-state index in [0.29, 0.717) is 18.1 Å². The first-order chi connectivity index (χ1) is 13.9. The highest BCUT2D eigenvalue weighted by Gasteiger charge is 2.31. The van der Waals surface area contributed by atoms with E-state index in [1.165, 1.54) is 25.0 Å². The lowest BCUT2D eigenvalue weighted by Gasteiger charge is -2.23. The Kier molecular flexibility index (Phi) is 5.36. The zero-order chi connectivity index (χ0) is 20.4. The Morgan fingerprint density at radius 1 is 1.07 bits per heavy atom. The summed E-state index contributed by atoms with van der Waals surface area (Å²) in [4.78, 5) is 2.39. The number of likely N-dealkylation sites (tertiary alicyclic amines) is 1. The first-order valence-corrected chi connectivity index (χ1v) is 9.51. The van der Waals surface area contributed by atoms with Crippen LogP contribution in [0.1, 0.15) is 19.8 Å². The first-order valence-electron chi connectivity index (χ1n) is 9.51. The van der Waals surface area contributed by atoms with Gasteiger partial charge in [-0.15, -0.1) is 13.2 Å². The average Bonchev–Trinajstić information content (AvgIpc) is 3.35. The van der Waals surface area contributed by atoms with Crippen LogP contribution in [-0.4, -0.2) is 42.2 Å². The standard InChI is InChI=1S/C21H21F3N2O3/c1-14(26-10-2-3-11-26)13-27-20-18-12-16(6-9-19(18)29-25-20)15-4-7-17(8-5-15)28-21(22,23)24/h4-9,12,14H,2-3,10-11,13H2,1H3/t14-/m1/s1. The van der Waals surface area contributed by atoms with Crippen molar-refractivity contribution >= 4 is 11.0 Å². The summed E-state index contributed by atoms with van der Waals surface area (Å²) in [6, 6.07) is 11.5. The molecule has 0 unspecified atom stereocenters. The zero-order valence-corrected chi connectivity index (χ0v) is 15.9. The molecule has 1 fully saturated rings. The molecular formula is C21H21F3N2O3. The van der Waals surface area contributed by atoms with Crippen molar-refractivity contribution in [1.82, 2.24) is 10.1 Å². The zero-order valence-electron chi connectivity index (χ0n) is 15.9. The summed E-state index contributed by atoms with van der Waals surface area (Å²) < 4.78 is 52.1. The number of aromatic nitrogens is 1. The molecule has 3 aromatic rings. The number of halogens is 3. The monoisotopic (exact) mass is 406 g/mol. The molecule has 1 aliphatic rings. The number of benzene rings is 2. The number of fused-ring (bicyclic) bond motifs is 1. The van der Waals surface area contributed by atoms with E-state index in [1.807, 2.05) is 12.1 Å². The smallest absolute Gasteiger partial charge is 0.473 e. The molecule has 1 aromatic heterocycles. The molecule has 0 bridgehead atoms. The van der Waals surface area contributed by atoms with Crippen LogP contribution in [0.5, 0.6) is 11.6 Å². The van der Waals surface area contributed by atoms with Crippen molar-refractivity contribution < 1.29 is 27.2 Å². The molecule has 2 heterocycles. The normalized spacial score (nSPS) is 16.3. The maximum atomic E-state index is 12.3. The van der Waals surface area contributed by atoms with Gasteiger partial charge in [0.2, 0.25) is 0 Å². The molecule has 0 saturated carbocycles. The Balaban J connectivity index is 1.50. The molecule has 4 rings (SSSR count). The summed E-state index contributed by atoms with van der Waals surface area (Å²) in [7, 11) is 0. The highest BCUT2D eigenvalue weighted by atomic mass is 19.4. The number of hydrogen-bond acceptors (Lipinski definition) is 5. The Morgan fingerprint density at radius 2 is 1.76 bits per heavy atom. The molecule has 2 aromatic carbocycles. The van der Waals surface area contributed by atoms with Gasteiger partial charge in [0, 0.05) is 6.04 Å². The molecular weight excluding hydrogens is 385 g/mol. The topological polar surface area (TPSA) is 47.7 Å². The Morgan fingerprint density at radius 3 is 2.45 bits per heavy atom. The van der Waals surface area contributed by atoms with Gasteiger partial charge in [-0.1, -0.05) is 18.2 Å². The second-order valence-corrected chi connectivity index (χ2v) is 7.17. The largest absolute Gasteiger partial charge is 0.573 e. The molecule has 5 nitrogen and oxygen atoms in total. The van der Waals surface area contributed by atoms with E-state index in [4.69, 9.17) is 9.26 Å². The van der Waals surface area contributed by atoms with Crippen molar-refractivity contribution in [2.45, 2.75) is 32.2 Å². The number of hydrogen-bond donors (Lipinski definition) is 0. The van der Waals surface area contributed by atoms with Gasteiger partial charge in [-0.05, 0) is 73.4 Å². The highest BCUT2D eigenvalue weighted by Crippen LogP contribution is 2.32. The van der Waals surface area contributed by atoms with Crippen LogP contribution in [0.2, 0.25) is 0 Å². The van der Waals surface area contributed by atoms with Gasteiger partial charge in [0.1, 0.15) is 12.4 Å². The minimum Gasteiger partial charge on any atom is -0.473 e. The van der Waals surface area contributed by atoms with E-state index in [-0.39, 0.29) is 11.8 Å². The number of ether oxygens (including phenoxy) is 2. The summed E-state index contributed by atoms with van der Waals surface area (Å²) in [6.07, 6.45) is -2.28. The van der Waals surface area contributed by atoms with E-state index in [9.17, 15) is 13.2 Å². The summed E-state index contributed by atoms with van der Waals surface area (Å²) in [6.45, 7) is 4.81. The molecule has 29 heavy (non-hydrogen) atoms. The van der Waals surface area contributed by atoms with E-state index in [2.05, 4.69) is 21.7 Å². The van der Waals surface area contributed by atoms with Crippen molar-refractivity contribution in [3.8, 4) is 22.8 Å². The molecule has 0 amide bonds. The van der Waals surface area contributed by atoms with Crippen LogP contribution in [-0.2, 0) is 0 Å². The highest BCUT2D eigenvalue weighted by molar-refractivity contribution is 5.87. The molecule has 0 radical (unpaired) electrons. The Labute approximate surface area is 166 Å². The minimum absolute atomic E-state index is 0.257. The minimum atomic E-state index is -4.71. The Bertz CT molecular complexity index is 963. The third-order valence-electron chi connectivity index (χ3n) is 5.08. The molecule has 1 atom stereocenters. The lowest BCUT2D eigenvalue weighted by atomic mass is 10.0. The van der Waals surface area contributed by atoms with Crippen LogP contribution in [0.15, 0.2) is 47.0 Å². The summed E-state index contributed by atoms with van der Waals surface area (Å²) in [5, 5.41) is 4.75. The maximum absolute atomic E-state index is 12.3. The maximum Gasteiger partial charge on any atom is 0.573 e. The van der Waals surface area contributed by atoms with Crippen LogP contribution < -0.4 is 9.47 Å². The number of alkyl halides is 3. The van der Waals surface area contributed by atoms with Gasteiger partial charge in [-0.2, -0.15) is 0 Å². The van der Waals surface area contributed by atoms with E-state index >= 15 is 0 Å².